The van der Waals surface area contributed by atoms with Crippen LogP contribution in [0, 0.1) is 56.7 Å². The number of carboxylic acid groups (broad SMARTS) is 1. The summed E-state index contributed by atoms with van der Waals surface area (Å²) in [6.45, 7) is 19.9. The van der Waals surface area contributed by atoms with E-state index in [2.05, 4.69) is 54.2 Å². The Hall–Kier alpha value is -1.87. The molecule has 9 atom stereocenters. The van der Waals surface area contributed by atoms with E-state index in [1.54, 1.807) is 12.1 Å². The number of aromatic carboxylic acids is 1. The molecule has 0 aromatic heterocycles. The first-order valence-corrected chi connectivity index (χ1v) is 16.1. The lowest BCUT2D eigenvalue weighted by Gasteiger charge is -2.72. The van der Waals surface area contributed by atoms with Crippen LogP contribution in [0.1, 0.15) is 115 Å². The van der Waals surface area contributed by atoms with Crippen molar-refractivity contribution in [1.29, 1.82) is 0 Å². The Bertz CT molecular complexity index is 1240. The second-order valence-electron chi connectivity index (χ2n) is 16.1. The van der Waals surface area contributed by atoms with Crippen LogP contribution in [-0.4, -0.2) is 22.8 Å². The average Bonchev–Trinajstić information content (AvgIpc) is 3.29. The van der Waals surface area contributed by atoms with Crippen molar-refractivity contribution in [2.45, 2.75) is 99.3 Å². The van der Waals surface area contributed by atoms with Crippen LogP contribution in [0.3, 0.4) is 0 Å². The molecule has 218 valence electrons. The molecule has 0 amide bonds. The van der Waals surface area contributed by atoms with Gasteiger partial charge in [-0.05, 0) is 145 Å². The molecular formula is C37H52O3. The van der Waals surface area contributed by atoms with Crippen LogP contribution >= 0.6 is 0 Å². The minimum atomic E-state index is -0.863. The number of benzene rings is 1. The lowest BCUT2D eigenvalue weighted by atomic mass is 9.32. The molecule has 5 aliphatic carbocycles. The van der Waals surface area contributed by atoms with Crippen LogP contribution in [0.25, 0.3) is 5.57 Å². The number of aliphatic hydroxyl groups excluding tert-OH is 1. The average molecular weight is 545 g/mol. The van der Waals surface area contributed by atoms with Crippen molar-refractivity contribution < 1.29 is 15.0 Å². The minimum Gasteiger partial charge on any atom is -0.478 e. The fraction of sp³-hybridized carbons (Fsp3) is 0.703. The summed E-state index contributed by atoms with van der Waals surface area (Å²) in [5, 5.41) is 20.2. The monoisotopic (exact) mass is 544 g/mol. The molecule has 4 saturated carbocycles. The van der Waals surface area contributed by atoms with E-state index in [-0.39, 0.29) is 16.2 Å². The number of allylic oxidation sites excluding steroid dienone is 3. The van der Waals surface area contributed by atoms with Crippen LogP contribution in [-0.2, 0) is 0 Å². The van der Waals surface area contributed by atoms with E-state index in [1.165, 1.54) is 68.1 Å². The van der Waals surface area contributed by atoms with E-state index in [4.69, 9.17) is 0 Å². The maximum absolute atomic E-state index is 11.5. The van der Waals surface area contributed by atoms with Gasteiger partial charge in [-0.3, -0.25) is 0 Å². The summed E-state index contributed by atoms with van der Waals surface area (Å²) in [7, 11) is 0. The summed E-state index contributed by atoms with van der Waals surface area (Å²) < 4.78 is 0. The Kier molecular flexibility index (Phi) is 6.40. The Morgan fingerprint density at radius 3 is 2.23 bits per heavy atom. The highest BCUT2D eigenvalue weighted by molar-refractivity contribution is 5.88. The second kappa shape index (κ2) is 9.06. The molecule has 3 heteroatoms. The minimum absolute atomic E-state index is 0.0337. The number of aliphatic hydroxyl groups is 1. The quantitative estimate of drug-likeness (QED) is 0.372. The van der Waals surface area contributed by atoms with Crippen LogP contribution < -0.4 is 0 Å². The Balaban J connectivity index is 1.36. The lowest BCUT2D eigenvalue weighted by Crippen LogP contribution is -2.65. The highest BCUT2D eigenvalue weighted by Crippen LogP contribution is 2.77. The van der Waals surface area contributed by atoms with Gasteiger partial charge in [0.25, 0.3) is 0 Å². The first kappa shape index (κ1) is 28.3. The zero-order chi connectivity index (χ0) is 28.9. The number of fused-ring (bicyclic) bond motifs is 7. The van der Waals surface area contributed by atoms with E-state index in [1.807, 2.05) is 12.1 Å². The molecule has 0 saturated heterocycles. The molecule has 0 heterocycles. The molecular weight excluding hydrogens is 492 g/mol. The summed E-state index contributed by atoms with van der Waals surface area (Å²) in [4.78, 5) is 11.5. The summed E-state index contributed by atoms with van der Waals surface area (Å²) in [5.41, 5.74) is 5.28. The Morgan fingerprint density at radius 2 is 1.60 bits per heavy atom. The maximum atomic E-state index is 11.5. The highest BCUT2D eigenvalue weighted by Gasteiger charge is 2.70. The van der Waals surface area contributed by atoms with Gasteiger partial charge in [0.1, 0.15) is 0 Å². The van der Waals surface area contributed by atoms with Gasteiger partial charge >= 0.3 is 5.97 Å². The van der Waals surface area contributed by atoms with Gasteiger partial charge in [0, 0.05) is 6.61 Å². The molecule has 4 fully saturated rings. The molecule has 0 aliphatic heterocycles. The fourth-order valence-corrected chi connectivity index (χ4v) is 12.5. The van der Waals surface area contributed by atoms with E-state index in [0.717, 1.165) is 6.42 Å². The zero-order valence-electron chi connectivity index (χ0n) is 25.9. The molecule has 2 N–H and O–H groups in total. The van der Waals surface area contributed by atoms with E-state index in [0.29, 0.717) is 52.6 Å². The lowest BCUT2D eigenvalue weighted by molar-refractivity contribution is -0.228. The van der Waals surface area contributed by atoms with Crippen molar-refractivity contribution in [2.24, 2.45) is 56.7 Å². The molecule has 1 aromatic carbocycles. The Labute approximate surface area is 242 Å². The van der Waals surface area contributed by atoms with Crippen molar-refractivity contribution in [2.75, 3.05) is 6.61 Å². The number of carboxylic acids is 1. The second-order valence-corrected chi connectivity index (χ2v) is 16.1. The highest BCUT2D eigenvalue weighted by atomic mass is 16.4. The van der Waals surface area contributed by atoms with Crippen LogP contribution in [0.15, 0.2) is 42.5 Å². The normalized spacial score (nSPS) is 45.4. The molecule has 5 aliphatic rings. The summed E-state index contributed by atoms with van der Waals surface area (Å²) in [6.07, 6.45) is 13.6. The third-order valence-corrected chi connectivity index (χ3v) is 14.6. The van der Waals surface area contributed by atoms with Crippen molar-refractivity contribution >= 4 is 11.5 Å². The van der Waals surface area contributed by atoms with Crippen LogP contribution in [0.2, 0.25) is 0 Å². The predicted molar refractivity (Wildman–Crippen MR) is 163 cm³/mol. The molecule has 1 unspecified atom stereocenters. The number of rotatable bonds is 4. The van der Waals surface area contributed by atoms with Gasteiger partial charge in [-0.1, -0.05) is 65.0 Å². The van der Waals surface area contributed by atoms with Gasteiger partial charge < -0.3 is 10.2 Å². The van der Waals surface area contributed by atoms with Gasteiger partial charge in [-0.2, -0.15) is 0 Å². The molecule has 40 heavy (non-hydrogen) atoms. The summed E-state index contributed by atoms with van der Waals surface area (Å²) in [5.74, 6) is 2.26. The fourth-order valence-electron chi connectivity index (χ4n) is 12.5. The van der Waals surface area contributed by atoms with E-state index in [9.17, 15) is 15.0 Å². The van der Waals surface area contributed by atoms with Crippen molar-refractivity contribution in [3.8, 4) is 0 Å². The third-order valence-electron chi connectivity index (χ3n) is 14.6. The number of hydrogen-bond acceptors (Lipinski definition) is 2. The molecule has 0 radical (unpaired) electrons. The predicted octanol–water partition coefficient (Wildman–Crippen LogP) is 9.03. The van der Waals surface area contributed by atoms with Crippen LogP contribution in [0.5, 0.6) is 0 Å². The van der Waals surface area contributed by atoms with E-state index < -0.39 is 5.97 Å². The zero-order valence-corrected chi connectivity index (χ0v) is 25.9. The smallest absolute Gasteiger partial charge is 0.335 e. The maximum Gasteiger partial charge on any atom is 0.335 e. The van der Waals surface area contributed by atoms with Gasteiger partial charge in [-0.15, -0.1) is 0 Å². The summed E-state index contributed by atoms with van der Waals surface area (Å²) in [6, 6.07) is 7.57. The van der Waals surface area contributed by atoms with E-state index >= 15 is 0 Å². The number of carbonyl (C=O) groups is 1. The number of hydrogen-bond donors (Lipinski definition) is 2. The third kappa shape index (κ3) is 3.55. The van der Waals surface area contributed by atoms with Gasteiger partial charge in [0.05, 0.1) is 5.56 Å². The van der Waals surface area contributed by atoms with Crippen molar-refractivity contribution in [3.63, 3.8) is 0 Å². The first-order valence-electron chi connectivity index (χ1n) is 16.1. The van der Waals surface area contributed by atoms with Crippen molar-refractivity contribution in [3.05, 3.63) is 53.6 Å². The molecule has 0 spiro atoms. The van der Waals surface area contributed by atoms with Gasteiger partial charge in [0.2, 0.25) is 0 Å². The SMILES string of the molecule is C=C(C)[C@@H]1CC[C@]2(CO)CC[C@]3(C)C(CC[C@@H]4[C@@]5(C)CC=C(c6ccc(C(=O)O)cc6)C(C)(C)[C@@H]5CC[C@]43C)[C@@H]12. The molecule has 6 rings (SSSR count). The Morgan fingerprint density at radius 1 is 0.900 bits per heavy atom. The topological polar surface area (TPSA) is 57.5 Å². The summed E-state index contributed by atoms with van der Waals surface area (Å²) >= 11 is 0. The molecule has 1 aromatic rings. The molecule has 3 nitrogen and oxygen atoms in total. The largest absolute Gasteiger partial charge is 0.478 e. The standard InChI is InChI=1S/C37H52O3/c1-23(2)26-14-19-37(22-38)21-20-35(6)28(31(26)37)12-13-30-34(5)17-15-27(24-8-10-25(11-9-24)32(39)40)33(3,4)29(34)16-18-36(30,35)7/h8-11,15,26,28-31,38H,1,12-14,16-22H2,2-7H3,(H,39,40)/t26-,28?,29-,30+,31+,34-,35+,36+,37+/m0/s1. The van der Waals surface area contributed by atoms with Crippen molar-refractivity contribution in [1.82, 2.24) is 0 Å². The van der Waals surface area contributed by atoms with Crippen LogP contribution in [0.4, 0.5) is 0 Å². The first-order chi connectivity index (χ1) is 18.7. The van der Waals surface area contributed by atoms with Gasteiger partial charge in [-0.25, -0.2) is 4.79 Å². The molecule has 0 bridgehead atoms. The van der Waals surface area contributed by atoms with Gasteiger partial charge in [0.15, 0.2) is 0 Å².